The fourth-order valence-corrected chi connectivity index (χ4v) is 1.68. The minimum absolute atomic E-state index is 0.273. The molecule has 0 aliphatic rings. The molecule has 0 unspecified atom stereocenters. The summed E-state index contributed by atoms with van der Waals surface area (Å²) in [5.74, 6) is 0.851. The Morgan fingerprint density at radius 3 is 2.94 bits per heavy atom. The summed E-state index contributed by atoms with van der Waals surface area (Å²) in [6, 6.07) is 4.81. The summed E-state index contributed by atoms with van der Waals surface area (Å²) < 4.78 is 21.1. The van der Waals surface area contributed by atoms with Gasteiger partial charge in [-0.25, -0.2) is 4.39 Å². The highest BCUT2D eigenvalue weighted by Crippen LogP contribution is 2.26. The Kier molecular flexibility index (Phi) is 3.94. The molecule has 0 spiro atoms. The fraction of sp³-hybridized carbons (Fsp3) is 0.308. The number of nitrogens with zero attached hydrogens (tertiary/aromatic N) is 2. The van der Waals surface area contributed by atoms with E-state index in [1.807, 2.05) is 6.92 Å². The zero-order valence-corrected chi connectivity index (χ0v) is 10.5. The van der Waals surface area contributed by atoms with Crippen LogP contribution in [0.15, 0.2) is 30.6 Å². The van der Waals surface area contributed by atoms with Gasteiger partial charge in [0.25, 0.3) is 0 Å². The maximum atomic E-state index is 13.7. The number of hydrogen-bond donors (Lipinski definition) is 1. The van der Waals surface area contributed by atoms with E-state index in [1.54, 1.807) is 36.3 Å². The van der Waals surface area contributed by atoms with Crippen LogP contribution >= 0.6 is 0 Å². The quantitative estimate of drug-likeness (QED) is 0.885. The first kappa shape index (κ1) is 12.6. The Labute approximate surface area is 105 Å². The fourth-order valence-electron chi connectivity index (χ4n) is 1.68. The Balaban J connectivity index is 2.25. The van der Waals surface area contributed by atoms with Crippen LogP contribution in [0.5, 0.6) is 11.5 Å². The molecule has 96 valence electrons. The van der Waals surface area contributed by atoms with Crippen LogP contribution in [0.25, 0.3) is 0 Å². The molecule has 0 atom stereocenters. The molecule has 18 heavy (non-hydrogen) atoms. The van der Waals surface area contributed by atoms with E-state index >= 15 is 0 Å². The third-order valence-electron chi connectivity index (χ3n) is 2.59. The van der Waals surface area contributed by atoms with Gasteiger partial charge in [-0.2, -0.15) is 5.10 Å². The highest BCUT2D eigenvalue weighted by molar-refractivity contribution is 5.37. The van der Waals surface area contributed by atoms with Crippen molar-refractivity contribution in [2.24, 2.45) is 0 Å². The van der Waals surface area contributed by atoms with E-state index in [9.17, 15) is 4.39 Å². The third-order valence-corrected chi connectivity index (χ3v) is 2.59. The number of benzene rings is 1. The summed E-state index contributed by atoms with van der Waals surface area (Å²) in [7, 11) is 1.77. The second-order valence-corrected chi connectivity index (χ2v) is 3.88. The minimum atomic E-state index is -0.273. The van der Waals surface area contributed by atoms with Crippen LogP contribution in [0.1, 0.15) is 12.5 Å². The van der Waals surface area contributed by atoms with E-state index in [4.69, 9.17) is 4.74 Å². The van der Waals surface area contributed by atoms with Crippen molar-refractivity contribution in [1.29, 1.82) is 0 Å². The van der Waals surface area contributed by atoms with Gasteiger partial charge < -0.3 is 10.1 Å². The van der Waals surface area contributed by atoms with Crippen molar-refractivity contribution >= 4 is 0 Å². The normalized spacial score (nSPS) is 10.6. The molecule has 0 aliphatic carbocycles. The molecule has 0 saturated carbocycles. The first-order valence-electron chi connectivity index (χ1n) is 5.87. The number of rotatable bonds is 5. The molecule has 1 aromatic carbocycles. The Morgan fingerprint density at radius 1 is 1.44 bits per heavy atom. The molecule has 1 aromatic heterocycles. The van der Waals surface area contributed by atoms with Crippen LogP contribution < -0.4 is 10.1 Å². The number of ether oxygens (including phenoxy) is 1. The molecule has 2 aromatic rings. The topological polar surface area (TPSA) is 39.1 Å². The minimum Gasteiger partial charge on any atom is -0.454 e. The molecular formula is C13H16FN3O. The van der Waals surface area contributed by atoms with Gasteiger partial charge >= 0.3 is 0 Å². The number of hydrogen-bond acceptors (Lipinski definition) is 3. The lowest BCUT2D eigenvalue weighted by Crippen LogP contribution is -2.08. The molecule has 0 fully saturated rings. The molecule has 0 saturated heterocycles. The van der Waals surface area contributed by atoms with Crippen LogP contribution in [-0.2, 0) is 13.1 Å². The molecule has 2 rings (SSSR count). The molecule has 0 aliphatic heterocycles. The number of halogens is 1. The predicted octanol–water partition coefficient (Wildman–Crippen LogP) is 2.55. The van der Waals surface area contributed by atoms with Gasteiger partial charge in [0.05, 0.1) is 12.4 Å². The van der Waals surface area contributed by atoms with Crippen LogP contribution in [0.3, 0.4) is 0 Å². The SMILES string of the molecule is CCn1cc(Oc2cccc(F)c2CNC)cn1. The van der Waals surface area contributed by atoms with Crippen LogP contribution in [0, 0.1) is 5.82 Å². The summed E-state index contributed by atoms with van der Waals surface area (Å²) in [5.41, 5.74) is 0.518. The summed E-state index contributed by atoms with van der Waals surface area (Å²) in [4.78, 5) is 0. The second kappa shape index (κ2) is 5.64. The van der Waals surface area contributed by atoms with E-state index in [0.717, 1.165) is 6.54 Å². The van der Waals surface area contributed by atoms with Crippen molar-refractivity contribution in [2.75, 3.05) is 7.05 Å². The highest BCUT2D eigenvalue weighted by Gasteiger charge is 2.10. The van der Waals surface area contributed by atoms with Gasteiger partial charge in [-0.05, 0) is 26.1 Å². The lowest BCUT2D eigenvalue weighted by atomic mass is 10.2. The molecule has 1 heterocycles. The van der Waals surface area contributed by atoms with E-state index in [2.05, 4.69) is 10.4 Å². The zero-order valence-electron chi connectivity index (χ0n) is 10.5. The Bertz CT molecular complexity index is 525. The van der Waals surface area contributed by atoms with E-state index in [-0.39, 0.29) is 5.82 Å². The van der Waals surface area contributed by atoms with Crippen LogP contribution in [-0.4, -0.2) is 16.8 Å². The molecule has 0 radical (unpaired) electrons. The van der Waals surface area contributed by atoms with Gasteiger partial charge in [-0.1, -0.05) is 6.07 Å². The average Bonchev–Trinajstić information content (AvgIpc) is 2.81. The van der Waals surface area contributed by atoms with Crippen molar-refractivity contribution in [3.8, 4) is 11.5 Å². The van der Waals surface area contributed by atoms with Gasteiger partial charge in [-0.3, -0.25) is 4.68 Å². The number of nitrogens with one attached hydrogen (secondary N) is 1. The molecule has 1 N–H and O–H groups in total. The van der Waals surface area contributed by atoms with Gasteiger partial charge in [-0.15, -0.1) is 0 Å². The van der Waals surface area contributed by atoms with Gasteiger partial charge in [0.15, 0.2) is 5.75 Å². The third kappa shape index (κ3) is 2.68. The maximum absolute atomic E-state index is 13.7. The Morgan fingerprint density at radius 2 is 2.28 bits per heavy atom. The lowest BCUT2D eigenvalue weighted by molar-refractivity contribution is 0.463. The molecule has 0 bridgehead atoms. The van der Waals surface area contributed by atoms with Crippen LogP contribution in [0.2, 0.25) is 0 Å². The molecule has 5 heteroatoms. The van der Waals surface area contributed by atoms with E-state index < -0.39 is 0 Å². The molecule has 0 amide bonds. The summed E-state index contributed by atoms with van der Waals surface area (Å²) in [6.07, 6.45) is 3.41. The molecule has 4 nitrogen and oxygen atoms in total. The second-order valence-electron chi connectivity index (χ2n) is 3.88. The summed E-state index contributed by atoms with van der Waals surface area (Å²) in [5, 5.41) is 7.04. The van der Waals surface area contributed by atoms with E-state index in [1.165, 1.54) is 6.07 Å². The largest absolute Gasteiger partial charge is 0.454 e. The average molecular weight is 249 g/mol. The van der Waals surface area contributed by atoms with Crippen molar-refractivity contribution in [2.45, 2.75) is 20.0 Å². The summed E-state index contributed by atoms with van der Waals surface area (Å²) in [6.45, 7) is 3.19. The smallest absolute Gasteiger partial charge is 0.165 e. The van der Waals surface area contributed by atoms with Crippen molar-refractivity contribution < 1.29 is 9.13 Å². The lowest BCUT2D eigenvalue weighted by Gasteiger charge is -2.10. The first-order chi connectivity index (χ1) is 8.74. The predicted molar refractivity (Wildman–Crippen MR) is 67.1 cm³/mol. The van der Waals surface area contributed by atoms with Gasteiger partial charge in [0.1, 0.15) is 11.6 Å². The first-order valence-corrected chi connectivity index (χ1v) is 5.87. The highest BCUT2D eigenvalue weighted by atomic mass is 19.1. The monoisotopic (exact) mass is 249 g/mol. The standard InChI is InChI=1S/C13H16FN3O/c1-3-17-9-10(7-16-17)18-13-6-4-5-12(14)11(13)8-15-2/h4-7,9,15H,3,8H2,1-2H3. The van der Waals surface area contributed by atoms with Crippen molar-refractivity contribution in [1.82, 2.24) is 15.1 Å². The van der Waals surface area contributed by atoms with Crippen LogP contribution in [0.4, 0.5) is 4.39 Å². The van der Waals surface area contributed by atoms with Crippen molar-refractivity contribution in [3.05, 3.63) is 42.0 Å². The maximum Gasteiger partial charge on any atom is 0.165 e. The number of aryl methyl sites for hydroxylation is 1. The summed E-state index contributed by atoms with van der Waals surface area (Å²) >= 11 is 0. The Hall–Kier alpha value is -1.88. The van der Waals surface area contributed by atoms with Crippen molar-refractivity contribution in [3.63, 3.8) is 0 Å². The zero-order chi connectivity index (χ0) is 13.0. The molecular weight excluding hydrogens is 233 g/mol. The van der Waals surface area contributed by atoms with E-state index in [0.29, 0.717) is 23.6 Å². The van der Waals surface area contributed by atoms with Gasteiger partial charge in [0.2, 0.25) is 0 Å². The number of aromatic nitrogens is 2. The van der Waals surface area contributed by atoms with Gasteiger partial charge in [0, 0.05) is 18.7 Å².